The van der Waals surface area contributed by atoms with E-state index in [4.69, 9.17) is 0 Å². The topological polar surface area (TPSA) is 26.7 Å². The Bertz CT molecular complexity index is 292. The van der Waals surface area contributed by atoms with Gasteiger partial charge in [-0.05, 0) is 57.7 Å². The smallest absolute Gasteiger partial charge is 0.0695 e. The van der Waals surface area contributed by atoms with Crippen molar-refractivity contribution < 1.29 is 5.11 Å². The zero-order valence-electron chi connectivity index (χ0n) is 13.2. The van der Waals surface area contributed by atoms with Crippen molar-refractivity contribution in [2.45, 2.75) is 71.1 Å². The van der Waals surface area contributed by atoms with E-state index in [2.05, 4.69) is 37.6 Å². The molecule has 2 fully saturated rings. The summed E-state index contributed by atoms with van der Waals surface area (Å²) < 4.78 is 0. The van der Waals surface area contributed by atoms with Gasteiger partial charge < -0.3 is 5.11 Å². The van der Waals surface area contributed by atoms with E-state index >= 15 is 0 Å². The maximum Gasteiger partial charge on any atom is 0.0695 e. The van der Waals surface area contributed by atoms with Crippen LogP contribution in [0.15, 0.2) is 0 Å². The molecule has 3 unspecified atom stereocenters. The molecule has 0 amide bonds. The molecule has 2 rings (SSSR count). The number of hydrogen-bond donors (Lipinski definition) is 1. The van der Waals surface area contributed by atoms with Gasteiger partial charge in [0.25, 0.3) is 0 Å². The van der Waals surface area contributed by atoms with Gasteiger partial charge in [0, 0.05) is 18.6 Å². The van der Waals surface area contributed by atoms with Gasteiger partial charge in [-0.25, -0.2) is 0 Å². The number of nitrogens with zero attached hydrogens (tertiary/aromatic N) is 2. The monoisotopic (exact) mass is 268 g/mol. The van der Waals surface area contributed by atoms with Crippen LogP contribution in [0.25, 0.3) is 0 Å². The first-order valence-corrected chi connectivity index (χ1v) is 8.05. The zero-order chi connectivity index (χ0) is 14.0. The summed E-state index contributed by atoms with van der Waals surface area (Å²) in [6.45, 7) is 10.5. The van der Waals surface area contributed by atoms with E-state index in [0.29, 0.717) is 17.5 Å². The molecule has 1 saturated carbocycles. The molecule has 0 bridgehead atoms. The van der Waals surface area contributed by atoms with Crippen LogP contribution in [-0.4, -0.2) is 59.8 Å². The first-order chi connectivity index (χ1) is 8.93. The number of likely N-dealkylation sites (tertiary alicyclic amines) is 1. The minimum Gasteiger partial charge on any atom is -0.391 e. The summed E-state index contributed by atoms with van der Waals surface area (Å²) in [5.74, 6) is 0. The van der Waals surface area contributed by atoms with Crippen molar-refractivity contribution in [3.63, 3.8) is 0 Å². The Labute approximate surface area is 119 Å². The minimum atomic E-state index is -0.130. The van der Waals surface area contributed by atoms with E-state index in [-0.39, 0.29) is 6.10 Å². The molecular weight excluding hydrogens is 236 g/mol. The molecule has 2 aliphatic rings. The molecule has 1 N–H and O–H groups in total. The lowest BCUT2D eigenvalue weighted by Gasteiger charge is -2.44. The van der Waals surface area contributed by atoms with Crippen molar-refractivity contribution in [3.05, 3.63) is 0 Å². The Morgan fingerprint density at radius 1 is 1.32 bits per heavy atom. The maximum absolute atomic E-state index is 10.3. The number of aliphatic hydroxyl groups excluding tert-OH is 1. The van der Waals surface area contributed by atoms with Crippen molar-refractivity contribution in [2.24, 2.45) is 5.41 Å². The molecule has 112 valence electrons. The lowest BCUT2D eigenvalue weighted by Crippen LogP contribution is -2.51. The van der Waals surface area contributed by atoms with Gasteiger partial charge in [0.15, 0.2) is 0 Å². The van der Waals surface area contributed by atoms with Crippen molar-refractivity contribution >= 4 is 0 Å². The van der Waals surface area contributed by atoms with Crippen LogP contribution >= 0.6 is 0 Å². The summed E-state index contributed by atoms with van der Waals surface area (Å²) in [5.41, 5.74) is 0.387. The molecule has 0 spiro atoms. The predicted octanol–water partition coefficient (Wildman–Crippen LogP) is 2.34. The summed E-state index contributed by atoms with van der Waals surface area (Å²) in [7, 11) is 2.21. The molecule has 3 heteroatoms. The normalized spacial score (nSPS) is 36.0. The van der Waals surface area contributed by atoms with Crippen molar-refractivity contribution in [1.82, 2.24) is 9.80 Å². The average molecular weight is 268 g/mol. The molecule has 0 aromatic heterocycles. The summed E-state index contributed by atoms with van der Waals surface area (Å²) >= 11 is 0. The number of hydrogen-bond acceptors (Lipinski definition) is 3. The quantitative estimate of drug-likeness (QED) is 0.848. The Morgan fingerprint density at radius 3 is 2.74 bits per heavy atom. The number of likely N-dealkylation sites (N-methyl/N-ethyl adjacent to an activating group) is 2. The van der Waals surface area contributed by atoms with Gasteiger partial charge in [-0.15, -0.1) is 0 Å². The molecule has 3 nitrogen and oxygen atoms in total. The van der Waals surface area contributed by atoms with E-state index in [1.165, 1.54) is 19.4 Å². The van der Waals surface area contributed by atoms with Crippen LogP contribution in [0, 0.1) is 5.41 Å². The van der Waals surface area contributed by atoms with Crippen molar-refractivity contribution in [1.29, 1.82) is 0 Å². The van der Waals surface area contributed by atoms with Gasteiger partial charge in [0.05, 0.1) is 6.10 Å². The van der Waals surface area contributed by atoms with Crippen molar-refractivity contribution in [2.75, 3.05) is 26.7 Å². The summed E-state index contributed by atoms with van der Waals surface area (Å²) in [4.78, 5) is 5.03. The SMILES string of the molecule is CCN1CCCC1CN(C)C1CC(C)(C)CCC1O. The van der Waals surface area contributed by atoms with Crippen LogP contribution < -0.4 is 0 Å². The van der Waals surface area contributed by atoms with Crippen LogP contribution in [-0.2, 0) is 0 Å². The van der Waals surface area contributed by atoms with E-state index in [1.54, 1.807) is 0 Å². The summed E-state index contributed by atoms with van der Waals surface area (Å²) in [5, 5.41) is 10.3. The third-order valence-corrected chi connectivity index (χ3v) is 5.29. The fourth-order valence-corrected chi connectivity index (χ4v) is 3.97. The second-order valence-electron chi connectivity index (χ2n) is 7.41. The molecule has 0 aromatic rings. The largest absolute Gasteiger partial charge is 0.391 e. The van der Waals surface area contributed by atoms with Crippen LogP contribution in [0.5, 0.6) is 0 Å². The van der Waals surface area contributed by atoms with Crippen LogP contribution in [0.1, 0.15) is 52.9 Å². The molecule has 3 atom stereocenters. The molecule has 0 radical (unpaired) electrons. The van der Waals surface area contributed by atoms with Crippen LogP contribution in [0.2, 0.25) is 0 Å². The Morgan fingerprint density at radius 2 is 2.05 bits per heavy atom. The molecule has 19 heavy (non-hydrogen) atoms. The first-order valence-electron chi connectivity index (χ1n) is 8.05. The van der Waals surface area contributed by atoms with Crippen molar-refractivity contribution in [3.8, 4) is 0 Å². The van der Waals surface area contributed by atoms with Gasteiger partial charge in [0.2, 0.25) is 0 Å². The number of rotatable bonds is 4. The fourth-order valence-electron chi connectivity index (χ4n) is 3.97. The molecule has 1 saturated heterocycles. The van der Waals surface area contributed by atoms with Gasteiger partial charge >= 0.3 is 0 Å². The van der Waals surface area contributed by atoms with E-state index < -0.39 is 0 Å². The Balaban J connectivity index is 1.92. The van der Waals surface area contributed by atoms with E-state index in [1.807, 2.05) is 0 Å². The molecule has 1 aliphatic carbocycles. The summed E-state index contributed by atoms with van der Waals surface area (Å²) in [6, 6.07) is 1.05. The van der Waals surface area contributed by atoms with Gasteiger partial charge in [0.1, 0.15) is 0 Å². The lowest BCUT2D eigenvalue weighted by atomic mass is 9.73. The highest BCUT2D eigenvalue weighted by molar-refractivity contribution is 4.91. The predicted molar refractivity (Wildman–Crippen MR) is 80.3 cm³/mol. The third-order valence-electron chi connectivity index (χ3n) is 5.29. The van der Waals surface area contributed by atoms with Gasteiger partial charge in [-0.2, -0.15) is 0 Å². The lowest BCUT2D eigenvalue weighted by molar-refractivity contribution is -0.0138. The number of aliphatic hydroxyl groups is 1. The van der Waals surface area contributed by atoms with Gasteiger partial charge in [-0.1, -0.05) is 20.8 Å². The second kappa shape index (κ2) is 6.11. The molecule has 1 heterocycles. The van der Waals surface area contributed by atoms with E-state index in [9.17, 15) is 5.11 Å². The zero-order valence-corrected chi connectivity index (χ0v) is 13.2. The Hall–Kier alpha value is -0.120. The summed E-state index contributed by atoms with van der Waals surface area (Å²) in [6.07, 6.45) is 5.78. The minimum absolute atomic E-state index is 0.130. The first kappa shape index (κ1) is 15.3. The molecule has 0 aromatic carbocycles. The molecular formula is C16H32N2O. The van der Waals surface area contributed by atoms with Gasteiger partial charge in [-0.3, -0.25) is 9.80 Å². The highest BCUT2D eigenvalue weighted by atomic mass is 16.3. The maximum atomic E-state index is 10.3. The standard InChI is InChI=1S/C16H32N2O/c1-5-18-10-6-7-13(18)12-17(4)14-11-16(2,3)9-8-15(14)19/h13-15,19H,5-12H2,1-4H3. The van der Waals surface area contributed by atoms with Crippen LogP contribution in [0.4, 0.5) is 0 Å². The fraction of sp³-hybridized carbons (Fsp3) is 1.00. The molecule has 1 aliphatic heterocycles. The second-order valence-corrected chi connectivity index (χ2v) is 7.41. The highest BCUT2D eigenvalue weighted by Crippen LogP contribution is 2.37. The Kier molecular flexibility index (Phi) is 4.91. The van der Waals surface area contributed by atoms with E-state index in [0.717, 1.165) is 32.4 Å². The highest BCUT2D eigenvalue weighted by Gasteiger charge is 2.37. The van der Waals surface area contributed by atoms with Crippen LogP contribution in [0.3, 0.4) is 0 Å². The average Bonchev–Trinajstić information content (AvgIpc) is 2.79. The third kappa shape index (κ3) is 3.71.